The van der Waals surface area contributed by atoms with Gasteiger partial charge in [-0.05, 0) is 18.2 Å². The molecule has 3 N–H and O–H groups in total. The van der Waals surface area contributed by atoms with Gasteiger partial charge in [0, 0.05) is 24.2 Å². The molecule has 5 heteroatoms. The fraction of sp³-hybridized carbons (Fsp3) is 0.0909. The van der Waals surface area contributed by atoms with Gasteiger partial charge < -0.3 is 15.5 Å². The van der Waals surface area contributed by atoms with Gasteiger partial charge in [-0.3, -0.25) is 4.79 Å². The van der Waals surface area contributed by atoms with Crippen LogP contribution in [-0.2, 0) is 0 Å². The topological polar surface area (TPSA) is 85.3 Å². The van der Waals surface area contributed by atoms with Crippen LogP contribution in [0, 0.1) is 0 Å². The molecule has 0 radical (unpaired) electrons. The number of nitrogens with one attached hydrogen (secondary N) is 1. The van der Waals surface area contributed by atoms with Crippen LogP contribution in [0.1, 0.15) is 10.4 Å². The minimum Gasteiger partial charge on any atom is -0.422 e. The first-order valence-corrected chi connectivity index (χ1v) is 4.67. The molecule has 16 heavy (non-hydrogen) atoms. The fourth-order valence-corrected chi connectivity index (χ4v) is 1.42. The summed E-state index contributed by atoms with van der Waals surface area (Å²) < 4.78 is 5.00. The summed E-state index contributed by atoms with van der Waals surface area (Å²) in [6, 6.07) is 6.40. The third-order valence-corrected chi connectivity index (χ3v) is 2.23. The summed E-state index contributed by atoms with van der Waals surface area (Å²) in [5.41, 5.74) is 5.75. The molecule has 82 valence electrons. The van der Waals surface area contributed by atoms with Crippen molar-refractivity contribution in [3.8, 4) is 0 Å². The second-order valence-electron chi connectivity index (χ2n) is 3.32. The van der Waals surface area contributed by atoms with Gasteiger partial charge in [0.2, 0.25) is 0 Å². The van der Waals surface area contributed by atoms with E-state index in [4.69, 9.17) is 10.2 Å². The predicted molar refractivity (Wildman–Crippen MR) is 60.3 cm³/mol. The van der Waals surface area contributed by atoms with Gasteiger partial charge in [-0.1, -0.05) is 0 Å². The van der Waals surface area contributed by atoms with E-state index in [1.807, 2.05) is 0 Å². The molecule has 0 aliphatic rings. The van der Waals surface area contributed by atoms with Crippen LogP contribution >= 0.6 is 0 Å². The van der Waals surface area contributed by atoms with Crippen molar-refractivity contribution >= 4 is 22.6 Å². The fourth-order valence-electron chi connectivity index (χ4n) is 1.42. The molecule has 5 nitrogen and oxygen atoms in total. The van der Waals surface area contributed by atoms with Gasteiger partial charge in [0.25, 0.3) is 5.91 Å². The summed E-state index contributed by atoms with van der Waals surface area (Å²) in [6.45, 7) is 0. The maximum Gasteiger partial charge on any atom is 0.349 e. The number of hydrogen-bond donors (Lipinski definition) is 2. The third kappa shape index (κ3) is 1.63. The van der Waals surface area contributed by atoms with E-state index in [1.165, 1.54) is 13.1 Å². The monoisotopic (exact) mass is 218 g/mol. The third-order valence-electron chi connectivity index (χ3n) is 2.23. The van der Waals surface area contributed by atoms with Crippen molar-refractivity contribution in [3.63, 3.8) is 0 Å². The van der Waals surface area contributed by atoms with Crippen molar-refractivity contribution in [2.45, 2.75) is 0 Å². The summed E-state index contributed by atoms with van der Waals surface area (Å²) in [6.07, 6.45) is 0. The van der Waals surface area contributed by atoms with Gasteiger partial charge >= 0.3 is 5.63 Å². The van der Waals surface area contributed by atoms with Gasteiger partial charge in [0.1, 0.15) is 11.1 Å². The summed E-state index contributed by atoms with van der Waals surface area (Å²) in [5.74, 6) is -0.465. The Bertz CT molecular complexity index is 616. The normalized spacial score (nSPS) is 10.3. The molecule has 0 atom stereocenters. The first kappa shape index (κ1) is 10.2. The molecule has 0 saturated carbocycles. The molecule has 2 aromatic rings. The number of rotatable bonds is 1. The Morgan fingerprint density at radius 1 is 1.38 bits per heavy atom. The maximum atomic E-state index is 11.5. The number of anilines is 1. The number of carbonyl (C=O) groups excluding carboxylic acids is 1. The Hall–Kier alpha value is -2.30. The Labute approximate surface area is 90.9 Å². The number of nitrogen functional groups attached to an aromatic ring is 1. The van der Waals surface area contributed by atoms with Gasteiger partial charge in [-0.15, -0.1) is 0 Å². The standard InChI is InChI=1S/C11H10N2O3/c1-13-10(14)8-4-6-2-3-7(12)5-9(6)16-11(8)15/h2-5H,12H2,1H3,(H,13,14). The van der Waals surface area contributed by atoms with Crippen molar-refractivity contribution < 1.29 is 9.21 Å². The molecule has 1 heterocycles. The molecular formula is C11H10N2O3. The van der Waals surface area contributed by atoms with Crippen molar-refractivity contribution in [2.75, 3.05) is 12.8 Å². The van der Waals surface area contributed by atoms with Crippen molar-refractivity contribution in [3.05, 3.63) is 40.2 Å². The van der Waals surface area contributed by atoms with Crippen LogP contribution in [0.2, 0.25) is 0 Å². The summed E-state index contributed by atoms with van der Waals surface area (Å²) in [5, 5.41) is 3.03. The Morgan fingerprint density at radius 2 is 2.12 bits per heavy atom. The van der Waals surface area contributed by atoms with Crippen molar-refractivity contribution in [2.24, 2.45) is 0 Å². The SMILES string of the molecule is CNC(=O)c1cc2ccc(N)cc2oc1=O. The smallest absolute Gasteiger partial charge is 0.349 e. The van der Waals surface area contributed by atoms with Crippen LogP contribution < -0.4 is 16.7 Å². The zero-order valence-corrected chi connectivity index (χ0v) is 8.61. The van der Waals surface area contributed by atoms with Crippen LogP contribution in [0.25, 0.3) is 11.0 Å². The molecule has 1 aromatic heterocycles. The van der Waals surface area contributed by atoms with E-state index < -0.39 is 11.5 Å². The first-order valence-electron chi connectivity index (χ1n) is 4.67. The highest BCUT2D eigenvalue weighted by Crippen LogP contribution is 2.16. The van der Waals surface area contributed by atoms with Crippen LogP contribution in [0.5, 0.6) is 0 Å². The highest BCUT2D eigenvalue weighted by atomic mass is 16.4. The van der Waals surface area contributed by atoms with E-state index in [-0.39, 0.29) is 5.56 Å². The Balaban J connectivity index is 2.72. The molecular weight excluding hydrogens is 208 g/mol. The molecule has 0 fully saturated rings. The Morgan fingerprint density at radius 3 is 2.81 bits per heavy atom. The summed E-state index contributed by atoms with van der Waals surface area (Å²) in [7, 11) is 1.45. The van der Waals surface area contributed by atoms with E-state index in [2.05, 4.69) is 5.32 Å². The molecule has 0 spiro atoms. The predicted octanol–water partition coefficient (Wildman–Crippen LogP) is 0.735. The van der Waals surface area contributed by atoms with Gasteiger partial charge in [-0.2, -0.15) is 0 Å². The highest BCUT2D eigenvalue weighted by molar-refractivity contribution is 5.96. The molecule has 0 bridgehead atoms. The van der Waals surface area contributed by atoms with Crippen molar-refractivity contribution in [1.82, 2.24) is 5.32 Å². The molecule has 0 aliphatic heterocycles. The van der Waals surface area contributed by atoms with E-state index in [1.54, 1.807) is 18.2 Å². The summed E-state index contributed by atoms with van der Waals surface area (Å²) >= 11 is 0. The number of nitrogens with two attached hydrogens (primary N) is 1. The molecule has 1 aromatic carbocycles. The van der Waals surface area contributed by atoms with Gasteiger partial charge in [0.05, 0.1) is 0 Å². The quantitative estimate of drug-likeness (QED) is 0.546. The van der Waals surface area contributed by atoms with Crippen LogP contribution in [0.3, 0.4) is 0 Å². The second kappa shape index (κ2) is 3.69. The largest absolute Gasteiger partial charge is 0.422 e. The van der Waals surface area contributed by atoms with E-state index >= 15 is 0 Å². The molecule has 0 aliphatic carbocycles. The number of fused-ring (bicyclic) bond motifs is 1. The average Bonchev–Trinajstić information content (AvgIpc) is 2.27. The van der Waals surface area contributed by atoms with E-state index in [0.717, 1.165) is 0 Å². The number of hydrogen-bond acceptors (Lipinski definition) is 4. The van der Waals surface area contributed by atoms with Gasteiger partial charge in [0.15, 0.2) is 0 Å². The number of carbonyl (C=O) groups is 1. The maximum absolute atomic E-state index is 11.5. The lowest BCUT2D eigenvalue weighted by Gasteiger charge is -2.01. The van der Waals surface area contributed by atoms with Crippen LogP contribution in [-0.4, -0.2) is 13.0 Å². The molecule has 0 unspecified atom stereocenters. The zero-order chi connectivity index (χ0) is 11.7. The molecule has 2 rings (SSSR count). The van der Waals surface area contributed by atoms with Crippen LogP contribution in [0.15, 0.2) is 33.5 Å². The second-order valence-corrected chi connectivity index (χ2v) is 3.32. The van der Waals surface area contributed by atoms with E-state index in [0.29, 0.717) is 16.7 Å². The van der Waals surface area contributed by atoms with Gasteiger partial charge in [-0.25, -0.2) is 4.79 Å². The molecule has 0 saturated heterocycles. The number of amides is 1. The lowest BCUT2D eigenvalue weighted by molar-refractivity contribution is 0.0959. The Kier molecular flexibility index (Phi) is 2.36. The zero-order valence-electron chi connectivity index (χ0n) is 8.61. The number of benzene rings is 1. The highest BCUT2D eigenvalue weighted by Gasteiger charge is 2.11. The van der Waals surface area contributed by atoms with E-state index in [9.17, 15) is 9.59 Å². The van der Waals surface area contributed by atoms with Crippen LogP contribution in [0.4, 0.5) is 5.69 Å². The first-order chi connectivity index (χ1) is 7.61. The summed E-state index contributed by atoms with van der Waals surface area (Å²) in [4.78, 5) is 22.8. The average molecular weight is 218 g/mol. The minimum absolute atomic E-state index is 0.0141. The lowest BCUT2D eigenvalue weighted by atomic mass is 10.1. The lowest BCUT2D eigenvalue weighted by Crippen LogP contribution is -2.24. The minimum atomic E-state index is -0.669. The molecule has 1 amide bonds. The van der Waals surface area contributed by atoms with Crippen molar-refractivity contribution in [1.29, 1.82) is 0 Å².